The first kappa shape index (κ1) is 36.0. The molecule has 5 heterocycles. The monoisotopic (exact) mass is 834 g/mol. The van der Waals surface area contributed by atoms with Gasteiger partial charge in [0, 0.05) is 54.6 Å². The van der Waals surface area contributed by atoms with Gasteiger partial charge >= 0.3 is 0 Å². The first-order valence-corrected chi connectivity index (χ1v) is 22.3. The van der Waals surface area contributed by atoms with Crippen LogP contribution in [0.1, 0.15) is 24.5 Å². The Morgan fingerprint density at radius 1 is 0.431 bits per heavy atom. The minimum atomic E-state index is -0.0115. The van der Waals surface area contributed by atoms with Gasteiger partial charge in [-0.05, 0) is 77.9 Å². The van der Waals surface area contributed by atoms with Crippen molar-refractivity contribution in [2.24, 2.45) is 15.9 Å². The second-order valence-electron chi connectivity index (χ2n) is 17.3. The average molecular weight is 835 g/mol. The SMILES string of the molecule is CC1C/C=C(\c2ccc3c(oc4ccccc43)c2-n2c3ccccc3c3cc4ccccc4cc32)N=C(c2cccc3c2oc2ccccc23)N=C1n1c2ccccc2c2ccccc21. The molecule has 0 bridgehead atoms. The Hall–Kier alpha value is -8.48. The summed E-state index contributed by atoms with van der Waals surface area (Å²) < 4.78 is 18.5. The number of allylic oxidation sites excluding steroid dienone is 1. The molecular formula is C59H38N4O2. The normalized spacial score (nSPS) is 15.7. The highest BCUT2D eigenvalue weighted by molar-refractivity contribution is 6.22. The first-order chi connectivity index (χ1) is 32.2. The van der Waals surface area contributed by atoms with Gasteiger partial charge in [0.25, 0.3) is 0 Å². The molecule has 13 aromatic rings. The van der Waals surface area contributed by atoms with E-state index in [4.69, 9.17) is 18.8 Å². The number of benzene rings is 9. The summed E-state index contributed by atoms with van der Waals surface area (Å²) in [6.07, 6.45) is 3.00. The topological polar surface area (TPSA) is 60.9 Å². The maximum Gasteiger partial charge on any atom is 0.165 e. The highest BCUT2D eigenvalue weighted by atomic mass is 16.3. The van der Waals surface area contributed by atoms with Crippen LogP contribution in [0.25, 0.3) is 110 Å². The molecule has 1 aliphatic heterocycles. The van der Waals surface area contributed by atoms with Crippen molar-refractivity contribution in [2.75, 3.05) is 0 Å². The molecule has 0 amide bonds. The van der Waals surface area contributed by atoms with E-state index in [2.05, 4.69) is 192 Å². The van der Waals surface area contributed by atoms with Crippen LogP contribution in [0.3, 0.4) is 0 Å². The molecule has 6 nitrogen and oxygen atoms in total. The molecule has 6 heteroatoms. The minimum Gasteiger partial charge on any atom is -0.455 e. The number of amidine groups is 1. The van der Waals surface area contributed by atoms with E-state index in [0.717, 1.165) is 94.3 Å². The van der Waals surface area contributed by atoms with Gasteiger partial charge in [-0.15, -0.1) is 0 Å². The third-order valence-electron chi connectivity index (χ3n) is 13.6. The largest absolute Gasteiger partial charge is 0.455 e. The number of hydrogen-bond acceptors (Lipinski definition) is 4. The lowest BCUT2D eigenvalue weighted by atomic mass is 9.99. The maximum atomic E-state index is 7.01. The molecule has 1 atom stereocenters. The van der Waals surface area contributed by atoms with Gasteiger partial charge in [0.15, 0.2) is 11.4 Å². The fraction of sp³-hybridized carbons (Fsp3) is 0.0508. The molecule has 1 unspecified atom stereocenters. The van der Waals surface area contributed by atoms with Gasteiger partial charge in [0.2, 0.25) is 0 Å². The summed E-state index contributed by atoms with van der Waals surface area (Å²) in [7, 11) is 0. The smallest absolute Gasteiger partial charge is 0.165 e. The number of aliphatic imine (C=N–C) groups is 2. The van der Waals surface area contributed by atoms with Crippen LogP contribution in [0.5, 0.6) is 0 Å². The van der Waals surface area contributed by atoms with Crippen LogP contribution in [-0.4, -0.2) is 20.8 Å². The van der Waals surface area contributed by atoms with E-state index in [-0.39, 0.29) is 5.92 Å². The van der Waals surface area contributed by atoms with Crippen LogP contribution in [0.15, 0.2) is 213 Å². The molecule has 306 valence electrons. The second kappa shape index (κ2) is 13.8. The Morgan fingerprint density at radius 3 is 1.66 bits per heavy atom. The summed E-state index contributed by atoms with van der Waals surface area (Å²) >= 11 is 0. The number of furan rings is 2. The Kier molecular flexibility index (Phi) is 7.63. The maximum absolute atomic E-state index is 7.01. The predicted octanol–water partition coefficient (Wildman–Crippen LogP) is 15.6. The van der Waals surface area contributed by atoms with Gasteiger partial charge in [-0.3, -0.25) is 4.57 Å². The lowest BCUT2D eigenvalue weighted by Gasteiger charge is -2.21. The number of aromatic nitrogens is 2. The molecule has 0 saturated carbocycles. The van der Waals surface area contributed by atoms with Gasteiger partial charge < -0.3 is 13.4 Å². The van der Waals surface area contributed by atoms with Crippen LogP contribution in [0.2, 0.25) is 0 Å². The van der Waals surface area contributed by atoms with E-state index in [1.165, 1.54) is 32.3 Å². The minimum absolute atomic E-state index is 0.0115. The number of fused-ring (bicyclic) bond motifs is 13. The van der Waals surface area contributed by atoms with E-state index in [9.17, 15) is 0 Å². The molecule has 0 aliphatic carbocycles. The van der Waals surface area contributed by atoms with Gasteiger partial charge in [-0.2, -0.15) is 0 Å². The Bertz CT molecular complexity index is 4190. The van der Waals surface area contributed by atoms with Crippen molar-refractivity contribution in [2.45, 2.75) is 13.3 Å². The van der Waals surface area contributed by atoms with E-state index in [0.29, 0.717) is 12.3 Å². The first-order valence-electron chi connectivity index (χ1n) is 22.3. The number of rotatable bonds is 3. The Morgan fingerprint density at radius 2 is 0.969 bits per heavy atom. The quantitative estimate of drug-likeness (QED) is 0.178. The number of nitrogens with zero attached hydrogens (tertiary/aromatic N) is 4. The van der Waals surface area contributed by atoms with Crippen molar-refractivity contribution in [3.63, 3.8) is 0 Å². The molecule has 0 saturated heterocycles. The van der Waals surface area contributed by atoms with E-state index >= 15 is 0 Å². The average Bonchev–Trinajstić information content (AvgIpc) is 4.10. The third kappa shape index (κ3) is 5.28. The molecule has 0 N–H and O–H groups in total. The summed E-state index contributed by atoms with van der Waals surface area (Å²) in [6.45, 7) is 2.28. The Labute approximate surface area is 372 Å². The predicted molar refractivity (Wildman–Crippen MR) is 270 cm³/mol. The highest BCUT2D eigenvalue weighted by Gasteiger charge is 2.27. The highest BCUT2D eigenvalue weighted by Crippen LogP contribution is 2.44. The Balaban J connectivity index is 1.10. The number of hydrogen-bond donors (Lipinski definition) is 0. The molecule has 0 fully saturated rings. The summed E-state index contributed by atoms with van der Waals surface area (Å²) in [5.41, 5.74) is 11.2. The van der Waals surface area contributed by atoms with Gasteiger partial charge in [-0.1, -0.05) is 140 Å². The van der Waals surface area contributed by atoms with Crippen molar-refractivity contribution in [1.29, 1.82) is 0 Å². The lowest BCUT2D eigenvalue weighted by molar-refractivity contribution is 0.666. The molecule has 9 aromatic carbocycles. The standard InChI is InChI=1S/C59H38N4O2/c1-35-29-32-48(45-31-30-44-42-21-8-13-28-54(42)65-57(44)55(45)62-49-24-9-6-19-40(49)47-33-36-15-2-3-16-37(36)34-52(47)62)60-58(46-23-14-22-43-41-20-7-12-27-53(41)64-56(43)46)61-59(35)63-50-25-10-4-17-38(50)39-18-5-11-26-51(39)63/h2-28,30-35H,29H2,1H3/b48-32+,60-58?,61-59?. The number of para-hydroxylation sites is 6. The van der Waals surface area contributed by atoms with Crippen molar-refractivity contribution in [1.82, 2.24) is 9.13 Å². The van der Waals surface area contributed by atoms with Crippen LogP contribution < -0.4 is 0 Å². The third-order valence-corrected chi connectivity index (χ3v) is 13.6. The van der Waals surface area contributed by atoms with Crippen LogP contribution in [-0.2, 0) is 0 Å². The molecular weight excluding hydrogens is 797 g/mol. The molecule has 14 rings (SSSR count). The molecule has 1 aliphatic rings. The molecule has 0 radical (unpaired) electrons. The molecule has 65 heavy (non-hydrogen) atoms. The molecule has 0 spiro atoms. The van der Waals surface area contributed by atoms with Crippen LogP contribution in [0, 0.1) is 5.92 Å². The van der Waals surface area contributed by atoms with Gasteiger partial charge in [0.1, 0.15) is 22.6 Å². The second-order valence-corrected chi connectivity index (χ2v) is 17.3. The lowest BCUT2D eigenvalue weighted by Crippen LogP contribution is -2.23. The fourth-order valence-electron chi connectivity index (χ4n) is 10.6. The summed E-state index contributed by atoms with van der Waals surface area (Å²) in [5.74, 6) is 1.49. The zero-order chi connectivity index (χ0) is 42.8. The van der Waals surface area contributed by atoms with Crippen molar-refractivity contribution in [3.8, 4) is 5.69 Å². The molecule has 4 aromatic heterocycles. The zero-order valence-corrected chi connectivity index (χ0v) is 35.4. The van der Waals surface area contributed by atoms with Crippen LogP contribution >= 0.6 is 0 Å². The van der Waals surface area contributed by atoms with E-state index < -0.39 is 0 Å². The summed E-state index contributed by atoms with van der Waals surface area (Å²) in [4.78, 5) is 11.5. The van der Waals surface area contributed by atoms with E-state index in [1.807, 2.05) is 18.2 Å². The van der Waals surface area contributed by atoms with E-state index in [1.54, 1.807) is 0 Å². The zero-order valence-electron chi connectivity index (χ0n) is 35.4. The van der Waals surface area contributed by atoms with Crippen molar-refractivity contribution < 1.29 is 8.83 Å². The van der Waals surface area contributed by atoms with Crippen LogP contribution in [0.4, 0.5) is 0 Å². The van der Waals surface area contributed by atoms with Crippen molar-refractivity contribution >= 4 is 116 Å². The van der Waals surface area contributed by atoms with Crippen molar-refractivity contribution in [3.05, 3.63) is 205 Å². The van der Waals surface area contributed by atoms with Gasteiger partial charge in [0.05, 0.1) is 39.0 Å². The van der Waals surface area contributed by atoms with Gasteiger partial charge in [-0.25, -0.2) is 9.98 Å². The summed E-state index contributed by atoms with van der Waals surface area (Å²) in [5, 5.41) is 11.3. The fourth-order valence-corrected chi connectivity index (χ4v) is 10.6. The summed E-state index contributed by atoms with van der Waals surface area (Å²) in [6, 6.07) is 66.6.